The average molecular weight is 309 g/mol. The van der Waals surface area contributed by atoms with Gasteiger partial charge in [-0.05, 0) is 58.2 Å². The van der Waals surface area contributed by atoms with E-state index in [0.29, 0.717) is 6.04 Å². The molecule has 1 atom stereocenters. The summed E-state index contributed by atoms with van der Waals surface area (Å²) in [5.41, 5.74) is 0. The molecule has 0 bridgehead atoms. The number of amides is 1. The number of nitrogens with zero attached hydrogens (tertiary/aromatic N) is 2. The predicted molar refractivity (Wildman–Crippen MR) is 91.9 cm³/mol. The largest absolute Gasteiger partial charge is 0.355 e. The molecular weight excluding hydrogens is 274 g/mol. The molecule has 0 radical (unpaired) electrons. The van der Waals surface area contributed by atoms with Crippen LogP contribution in [0.15, 0.2) is 0 Å². The zero-order valence-corrected chi connectivity index (χ0v) is 14.8. The molecule has 2 saturated heterocycles. The molecule has 2 fully saturated rings. The molecule has 2 rings (SSSR count). The fourth-order valence-electron chi connectivity index (χ4n) is 3.85. The fraction of sp³-hybridized carbons (Fsp3) is 0.944. The van der Waals surface area contributed by atoms with Crippen LogP contribution in [0.5, 0.6) is 0 Å². The Kier molecular flexibility index (Phi) is 7.16. The van der Waals surface area contributed by atoms with Gasteiger partial charge in [-0.2, -0.15) is 0 Å². The van der Waals surface area contributed by atoms with Crippen LogP contribution < -0.4 is 5.32 Å². The highest BCUT2D eigenvalue weighted by molar-refractivity contribution is 5.78. The van der Waals surface area contributed by atoms with Crippen LogP contribution >= 0.6 is 0 Å². The predicted octanol–water partition coefficient (Wildman–Crippen LogP) is 2.34. The number of hydrogen-bond donors (Lipinski definition) is 1. The van der Waals surface area contributed by atoms with E-state index in [9.17, 15) is 4.79 Å². The Hall–Kier alpha value is -0.610. The number of rotatable bonds is 6. The first-order valence-corrected chi connectivity index (χ1v) is 9.30. The van der Waals surface area contributed by atoms with Crippen molar-refractivity contribution in [1.29, 1.82) is 0 Å². The third-order valence-corrected chi connectivity index (χ3v) is 5.22. The molecule has 2 aliphatic heterocycles. The summed E-state index contributed by atoms with van der Waals surface area (Å²) in [7, 11) is 0. The van der Waals surface area contributed by atoms with E-state index in [2.05, 4.69) is 35.9 Å². The minimum absolute atomic E-state index is 0.238. The standard InChI is InChI=1S/C18H35N3O/c1-15(2)14-20-11-7-17(8-12-20)18(22)19-9-13-21-10-5-4-6-16(21)3/h15-17H,4-14H2,1-3H3,(H,19,22)/t16-/m0/s1. The van der Waals surface area contributed by atoms with Gasteiger partial charge in [0.15, 0.2) is 0 Å². The lowest BCUT2D eigenvalue weighted by atomic mass is 9.95. The molecular formula is C18H35N3O. The molecule has 4 heteroatoms. The summed E-state index contributed by atoms with van der Waals surface area (Å²) >= 11 is 0. The summed E-state index contributed by atoms with van der Waals surface area (Å²) in [6.07, 6.45) is 6.03. The molecule has 1 N–H and O–H groups in total. The van der Waals surface area contributed by atoms with Crippen molar-refractivity contribution in [2.24, 2.45) is 11.8 Å². The van der Waals surface area contributed by atoms with Crippen molar-refractivity contribution < 1.29 is 4.79 Å². The van der Waals surface area contributed by atoms with Crippen molar-refractivity contribution in [2.75, 3.05) is 39.3 Å². The Balaban J connectivity index is 1.61. The molecule has 22 heavy (non-hydrogen) atoms. The van der Waals surface area contributed by atoms with Gasteiger partial charge in [-0.1, -0.05) is 20.3 Å². The topological polar surface area (TPSA) is 35.6 Å². The van der Waals surface area contributed by atoms with E-state index < -0.39 is 0 Å². The lowest BCUT2D eigenvalue weighted by Crippen LogP contribution is -2.45. The van der Waals surface area contributed by atoms with Gasteiger partial charge in [0.2, 0.25) is 5.91 Å². The second-order valence-corrected chi connectivity index (χ2v) is 7.64. The van der Waals surface area contributed by atoms with Crippen molar-refractivity contribution in [3.8, 4) is 0 Å². The molecule has 0 saturated carbocycles. The third-order valence-electron chi connectivity index (χ3n) is 5.22. The number of likely N-dealkylation sites (tertiary alicyclic amines) is 2. The first-order valence-electron chi connectivity index (χ1n) is 9.30. The lowest BCUT2D eigenvalue weighted by Gasteiger charge is -2.34. The Morgan fingerprint density at radius 3 is 2.50 bits per heavy atom. The van der Waals surface area contributed by atoms with Crippen molar-refractivity contribution >= 4 is 5.91 Å². The highest BCUT2D eigenvalue weighted by Gasteiger charge is 2.25. The number of nitrogens with one attached hydrogen (secondary N) is 1. The summed E-state index contributed by atoms with van der Waals surface area (Å²) in [5.74, 6) is 1.24. The SMILES string of the molecule is CC(C)CN1CCC(C(=O)NCCN2CCCC[C@@H]2C)CC1. The molecule has 2 aliphatic rings. The molecule has 4 nitrogen and oxygen atoms in total. The van der Waals surface area contributed by atoms with Crippen LogP contribution in [0.4, 0.5) is 0 Å². The minimum Gasteiger partial charge on any atom is -0.355 e. The fourth-order valence-corrected chi connectivity index (χ4v) is 3.85. The molecule has 2 heterocycles. The Labute approximate surface area is 136 Å². The summed E-state index contributed by atoms with van der Waals surface area (Å²) in [6, 6.07) is 0.685. The van der Waals surface area contributed by atoms with E-state index in [4.69, 9.17) is 0 Å². The zero-order chi connectivity index (χ0) is 15.9. The molecule has 0 unspecified atom stereocenters. The number of hydrogen-bond acceptors (Lipinski definition) is 3. The Bertz CT molecular complexity index is 337. The molecule has 0 aromatic heterocycles. The van der Waals surface area contributed by atoms with Gasteiger partial charge in [-0.3, -0.25) is 9.69 Å². The van der Waals surface area contributed by atoms with E-state index >= 15 is 0 Å². The monoisotopic (exact) mass is 309 g/mol. The van der Waals surface area contributed by atoms with E-state index in [1.807, 2.05) is 0 Å². The van der Waals surface area contributed by atoms with Gasteiger partial charge in [0.25, 0.3) is 0 Å². The van der Waals surface area contributed by atoms with Crippen LogP contribution in [0.1, 0.15) is 52.9 Å². The van der Waals surface area contributed by atoms with Crippen LogP contribution in [0.2, 0.25) is 0 Å². The summed E-state index contributed by atoms with van der Waals surface area (Å²) in [5, 5.41) is 3.18. The maximum atomic E-state index is 12.3. The Morgan fingerprint density at radius 1 is 1.14 bits per heavy atom. The lowest BCUT2D eigenvalue weighted by molar-refractivity contribution is -0.126. The summed E-state index contributed by atoms with van der Waals surface area (Å²) in [6.45, 7) is 13.2. The van der Waals surface area contributed by atoms with Gasteiger partial charge in [-0.15, -0.1) is 0 Å². The number of piperidine rings is 2. The molecule has 0 spiro atoms. The van der Waals surface area contributed by atoms with E-state index in [-0.39, 0.29) is 11.8 Å². The third kappa shape index (κ3) is 5.54. The van der Waals surface area contributed by atoms with Crippen molar-refractivity contribution in [1.82, 2.24) is 15.1 Å². The van der Waals surface area contributed by atoms with Crippen molar-refractivity contribution in [3.63, 3.8) is 0 Å². The summed E-state index contributed by atoms with van der Waals surface area (Å²) in [4.78, 5) is 17.3. The minimum atomic E-state index is 0.238. The first kappa shape index (κ1) is 17.7. The van der Waals surface area contributed by atoms with Crippen LogP contribution in [-0.2, 0) is 4.79 Å². The van der Waals surface area contributed by atoms with Crippen LogP contribution in [0.25, 0.3) is 0 Å². The van der Waals surface area contributed by atoms with Crippen molar-refractivity contribution in [3.05, 3.63) is 0 Å². The normalized spacial score (nSPS) is 25.5. The van der Waals surface area contributed by atoms with Crippen molar-refractivity contribution in [2.45, 2.75) is 58.9 Å². The quantitative estimate of drug-likeness (QED) is 0.818. The number of carbonyl (C=O) groups is 1. The second-order valence-electron chi connectivity index (χ2n) is 7.64. The molecule has 1 amide bonds. The van der Waals surface area contributed by atoms with Gasteiger partial charge < -0.3 is 10.2 Å². The maximum Gasteiger partial charge on any atom is 0.223 e. The molecule has 0 aromatic carbocycles. The molecule has 0 aliphatic carbocycles. The van der Waals surface area contributed by atoms with E-state index in [1.54, 1.807) is 0 Å². The summed E-state index contributed by atoms with van der Waals surface area (Å²) < 4.78 is 0. The second kappa shape index (κ2) is 8.88. The van der Waals surface area contributed by atoms with Gasteiger partial charge in [0.05, 0.1) is 0 Å². The zero-order valence-electron chi connectivity index (χ0n) is 14.8. The Morgan fingerprint density at radius 2 is 1.86 bits per heavy atom. The van der Waals surface area contributed by atoms with Gasteiger partial charge in [0.1, 0.15) is 0 Å². The van der Waals surface area contributed by atoms with E-state index in [1.165, 1.54) is 32.4 Å². The highest BCUT2D eigenvalue weighted by Crippen LogP contribution is 2.18. The van der Waals surface area contributed by atoms with Crippen LogP contribution in [0, 0.1) is 11.8 Å². The molecule has 128 valence electrons. The highest BCUT2D eigenvalue weighted by atomic mass is 16.1. The van der Waals surface area contributed by atoms with Gasteiger partial charge in [0, 0.05) is 31.6 Å². The van der Waals surface area contributed by atoms with Gasteiger partial charge >= 0.3 is 0 Å². The first-order chi connectivity index (χ1) is 10.6. The van der Waals surface area contributed by atoms with Gasteiger partial charge in [-0.25, -0.2) is 0 Å². The maximum absolute atomic E-state index is 12.3. The average Bonchev–Trinajstić information content (AvgIpc) is 2.49. The van der Waals surface area contributed by atoms with Crippen LogP contribution in [0.3, 0.4) is 0 Å². The van der Waals surface area contributed by atoms with E-state index in [0.717, 1.165) is 44.9 Å². The smallest absolute Gasteiger partial charge is 0.223 e. The van der Waals surface area contributed by atoms with Crippen LogP contribution in [-0.4, -0.2) is 61.0 Å². The number of carbonyl (C=O) groups excluding carboxylic acids is 1. The molecule has 0 aromatic rings.